The van der Waals surface area contributed by atoms with Crippen molar-refractivity contribution < 1.29 is 9.66 Å². The zero-order valence-corrected chi connectivity index (χ0v) is 12.2. The van der Waals surface area contributed by atoms with Crippen LogP contribution in [0.5, 0.6) is 5.75 Å². The van der Waals surface area contributed by atoms with Gasteiger partial charge in [0.15, 0.2) is 0 Å². The fourth-order valence-corrected chi connectivity index (χ4v) is 2.02. The summed E-state index contributed by atoms with van der Waals surface area (Å²) in [5, 5.41) is 11.0. The summed E-state index contributed by atoms with van der Waals surface area (Å²) in [5.74, 6) is 0.689. The summed E-state index contributed by atoms with van der Waals surface area (Å²) in [6, 6.07) is 11.8. The Morgan fingerprint density at radius 1 is 1.29 bits per heavy atom. The highest BCUT2D eigenvalue weighted by atomic mass is 35.5. The summed E-state index contributed by atoms with van der Waals surface area (Å²) < 4.78 is 5.61. The molecule has 0 radical (unpaired) electrons. The largest absolute Gasteiger partial charge is 0.489 e. The smallest absolute Gasteiger partial charge is 0.270 e. The van der Waals surface area contributed by atoms with E-state index in [0.717, 1.165) is 5.56 Å². The molecule has 2 rings (SSSR count). The molecule has 2 N–H and O–H groups in total. The van der Waals surface area contributed by atoms with Gasteiger partial charge in [0.05, 0.1) is 9.95 Å². The third-order valence-corrected chi connectivity index (χ3v) is 3.40. The summed E-state index contributed by atoms with van der Waals surface area (Å²) in [5.41, 5.74) is 7.45. The molecule has 6 heteroatoms. The summed E-state index contributed by atoms with van der Waals surface area (Å²) >= 11 is 6.01. The average molecular weight is 307 g/mol. The predicted octanol–water partition coefficient (Wildman–Crippen LogP) is 3.85. The first-order valence-corrected chi connectivity index (χ1v) is 6.76. The Labute approximate surface area is 127 Å². The van der Waals surface area contributed by atoms with Gasteiger partial charge in [0.25, 0.3) is 5.69 Å². The van der Waals surface area contributed by atoms with Crippen LogP contribution in [-0.2, 0) is 6.61 Å². The summed E-state index contributed by atoms with van der Waals surface area (Å²) in [6.45, 7) is 2.15. The first kappa shape index (κ1) is 15.3. The Balaban J connectivity index is 2.04. The fourth-order valence-electron chi connectivity index (χ4n) is 1.80. The van der Waals surface area contributed by atoms with Gasteiger partial charge in [-0.2, -0.15) is 0 Å². The van der Waals surface area contributed by atoms with Crippen molar-refractivity contribution in [3.8, 4) is 5.75 Å². The number of hydrogen-bond donors (Lipinski definition) is 1. The number of benzene rings is 2. The SMILES string of the molecule is C[C@@H](N)c1ccc(OCc2ccc([N+](=O)[O-])cc2Cl)cc1. The van der Waals surface area contributed by atoms with Crippen molar-refractivity contribution in [2.75, 3.05) is 0 Å². The number of ether oxygens (including phenoxy) is 1. The molecule has 2 aromatic rings. The molecule has 0 saturated carbocycles. The van der Waals surface area contributed by atoms with Crippen LogP contribution in [-0.4, -0.2) is 4.92 Å². The molecule has 0 bridgehead atoms. The summed E-state index contributed by atoms with van der Waals surface area (Å²) in [7, 11) is 0. The van der Waals surface area contributed by atoms with Gasteiger partial charge in [-0.15, -0.1) is 0 Å². The number of non-ortho nitro benzene ring substituents is 1. The van der Waals surface area contributed by atoms with Crippen LogP contribution in [0.25, 0.3) is 0 Å². The number of halogens is 1. The van der Waals surface area contributed by atoms with Crippen molar-refractivity contribution in [2.24, 2.45) is 5.73 Å². The molecular weight excluding hydrogens is 292 g/mol. The lowest BCUT2D eigenvalue weighted by molar-refractivity contribution is -0.384. The zero-order chi connectivity index (χ0) is 15.4. The van der Waals surface area contributed by atoms with Crippen molar-refractivity contribution in [1.29, 1.82) is 0 Å². The minimum atomic E-state index is -0.483. The molecule has 0 unspecified atom stereocenters. The molecule has 21 heavy (non-hydrogen) atoms. The number of nitro groups is 1. The Hall–Kier alpha value is -2.11. The lowest BCUT2D eigenvalue weighted by atomic mass is 10.1. The van der Waals surface area contributed by atoms with Crippen LogP contribution in [0.1, 0.15) is 24.1 Å². The van der Waals surface area contributed by atoms with Crippen molar-refractivity contribution in [1.82, 2.24) is 0 Å². The lowest BCUT2D eigenvalue weighted by Crippen LogP contribution is -2.04. The number of rotatable bonds is 5. The normalized spacial score (nSPS) is 12.0. The van der Waals surface area contributed by atoms with Crippen LogP contribution in [0.15, 0.2) is 42.5 Å². The minimum Gasteiger partial charge on any atom is -0.489 e. The van der Waals surface area contributed by atoms with Gasteiger partial charge >= 0.3 is 0 Å². The van der Waals surface area contributed by atoms with Crippen LogP contribution in [0, 0.1) is 10.1 Å². The molecule has 0 aliphatic carbocycles. The van der Waals surface area contributed by atoms with Crippen LogP contribution >= 0.6 is 11.6 Å². The van der Waals surface area contributed by atoms with E-state index in [-0.39, 0.29) is 18.3 Å². The monoisotopic (exact) mass is 306 g/mol. The number of nitrogens with two attached hydrogens (primary N) is 1. The second-order valence-corrected chi connectivity index (χ2v) is 5.09. The summed E-state index contributed by atoms with van der Waals surface area (Å²) in [6.07, 6.45) is 0. The second kappa shape index (κ2) is 6.56. The molecule has 0 aliphatic rings. The van der Waals surface area contributed by atoms with Crippen LogP contribution in [0.2, 0.25) is 5.02 Å². The molecule has 0 heterocycles. The molecule has 2 aromatic carbocycles. The maximum Gasteiger partial charge on any atom is 0.270 e. The topological polar surface area (TPSA) is 78.4 Å². The lowest BCUT2D eigenvalue weighted by Gasteiger charge is -2.10. The predicted molar refractivity (Wildman–Crippen MR) is 81.5 cm³/mol. The molecule has 0 saturated heterocycles. The molecular formula is C15H15ClN2O3. The van der Waals surface area contributed by atoms with Crippen molar-refractivity contribution in [3.05, 3.63) is 68.7 Å². The van der Waals surface area contributed by atoms with Crippen LogP contribution < -0.4 is 10.5 Å². The standard InChI is InChI=1S/C15H15ClN2O3/c1-10(17)11-3-6-14(7-4-11)21-9-12-2-5-13(18(19)20)8-15(12)16/h2-8,10H,9,17H2,1H3/t10-/m1/s1. The first-order valence-electron chi connectivity index (χ1n) is 6.38. The van der Waals surface area contributed by atoms with E-state index in [2.05, 4.69) is 0 Å². The van der Waals surface area contributed by atoms with Gasteiger partial charge in [-0.3, -0.25) is 10.1 Å². The Bertz CT molecular complexity index is 642. The van der Waals surface area contributed by atoms with Crippen molar-refractivity contribution in [2.45, 2.75) is 19.6 Å². The minimum absolute atomic E-state index is 0.0248. The zero-order valence-electron chi connectivity index (χ0n) is 11.5. The highest BCUT2D eigenvalue weighted by Crippen LogP contribution is 2.24. The molecule has 0 aliphatic heterocycles. The maximum atomic E-state index is 10.6. The Kier molecular flexibility index (Phi) is 4.77. The molecule has 0 amide bonds. The number of hydrogen-bond acceptors (Lipinski definition) is 4. The number of nitrogens with zero attached hydrogens (tertiary/aromatic N) is 1. The van der Waals surface area contributed by atoms with Crippen molar-refractivity contribution in [3.63, 3.8) is 0 Å². The molecule has 5 nitrogen and oxygen atoms in total. The molecule has 0 spiro atoms. The van der Waals surface area contributed by atoms with Gasteiger partial charge in [-0.25, -0.2) is 0 Å². The molecule has 110 valence electrons. The van der Waals surface area contributed by atoms with E-state index < -0.39 is 4.92 Å². The second-order valence-electron chi connectivity index (χ2n) is 4.68. The Morgan fingerprint density at radius 2 is 1.95 bits per heavy atom. The van der Waals surface area contributed by atoms with Gasteiger partial charge in [-0.1, -0.05) is 23.7 Å². The van der Waals surface area contributed by atoms with Crippen molar-refractivity contribution >= 4 is 17.3 Å². The van der Waals surface area contributed by atoms with Gasteiger partial charge in [0, 0.05) is 23.7 Å². The van der Waals surface area contributed by atoms with E-state index in [1.54, 1.807) is 6.07 Å². The highest BCUT2D eigenvalue weighted by Gasteiger charge is 2.10. The quantitative estimate of drug-likeness (QED) is 0.672. The van der Waals surface area contributed by atoms with Gasteiger partial charge < -0.3 is 10.5 Å². The summed E-state index contributed by atoms with van der Waals surface area (Å²) in [4.78, 5) is 10.2. The highest BCUT2D eigenvalue weighted by molar-refractivity contribution is 6.31. The molecule has 0 fully saturated rings. The maximum absolute atomic E-state index is 10.6. The van der Waals surface area contributed by atoms with Gasteiger partial charge in [0.1, 0.15) is 12.4 Å². The van der Waals surface area contributed by atoms with E-state index >= 15 is 0 Å². The molecule has 0 aromatic heterocycles. The molecule has 1 atom stereocenters. The van der Waals surface area contributed by atoms with Crippen LogP contribution in [0.4, 0.5) is 5.69 Å². The third-order valence-electron chi connectivity index (χ3n) is 3.05. The van der Waals surface area contributed by atoms with E-state index in [1.165, 1.54) is 12.1 Å². The van der Waals surface area contributed by atoms with E-state index in [1.807, 2.05) is 31.2 Å². The van der Waals surface area contributed by atoms with E-state index in [4.69, 9.17) is 22.1 Å². The van der Waals surface area contributed by atoms with E-state index in [9.17, 15) is 10.1 Å². The fraction of sp³-hybridized carbons (Fsp3) is 0.200. The Morgan fingerprint density at radius 3 is 2.48 bits per heavy atom. The van der Waals surface area contributed by atoms with Gasteiger partial charge in [0.2, 0.25) is 0 Å². The third kappa shape index (κ3) is 3.93. The van der Waals surface area contributed by atoms with Gasteiger partial charge in [-0.05, 0) is 30.7 Å². The average Bonchev–Trinajstić information content (AvgIpc) is 2.46. The first-order chi connectivity index (χ1) is 9.97. The van der Waals surface area contributed by atoms with Crippen LogP contribution in [0.3, 0.4) is 0 Å². The number of nitro benzene ring substituents is 1. The van der Waals surface area contributed by atoms with E-state index in [0.29, 0.717) is 16.3 Å².